The van der Waals surface area contributed by atoms with Gasteiger partial charge in [-0.15, -0.1) is 0 Å². The molecule has 1 aliphatic rings. The van der Waals surface area contributed by atoms with Gasteiger partial charge in [0.1, 0.15) is 0 Å². The fraction of sp³-hybridized carbons (Fsp3) is 0.222. The molecule has 0 aliphatic carbocycles. The Labute approximate surface area is 149 Å². The van der Waals surface area contributed by atoms with E-state index in [1.54, 1.807) is 4.90 Å². The van der Waals surface area contributed by atoms with Crippen molar-refractivity contribution in [2.45, 2.75) is 6.42 Å². The number of amides is 1. The van der Waals surface area contributed by atoms with E-state index >= 15 is 0 Å². The number of hydrogen-bond acceptors (Lipinski definition) is 6. The normalized spacial score (nSPS) is 12.4. The third-order valence-corrected chi connectivity index (χ3v) is 4.12. The second-order valence-corrected chi connectivity index (χ2v) is 5.64. The molecule has 0 spiro atoms. The number of para-hydroxylation sites is 1. The molecular formula is C18H16N2O6. The number of methoxy groups -OCH3 is 1. The predicted molar refractivity (Wildman–Crippen MR) is 92.4 cm³/mol. The highest BCUT2D eigenvalue weighted by Gasteiger charge is 2.26. The van der Waals surface area contributed by atoms with Crippen LogP contribution in [0.2, 0.25) is 0 Å². The van der Waals surface area contributed by atoms with Gasteiger partial charge in [-0.1, -0.05) is 18.2 Å². The maximum absolute atomic E-state index is 12.4. The summed E-state index contributed by atoms with van der Waals surface area (Å²) in [5.74, 6) is -1.06. The molecule has 0 atom stereocenters. The number of carbonyl (C=O) groups is 2. The Balaban J connectivity index is 1.74. The van der Waals surface area contributed by atoms with Crippen LogP contribution in [-0.4, -0.2) is 37.1 Å². The van der Waals surface area contributed by atoms with Crippen LogP contribution in [0.25, 0.3) is 0 Å². The Kier molecular flexibility index (Phi) is 4.83. The Hall–Kier alpha value is -3.42. The minimum atomic E-state index is -0.690. The summed E-state index contributed by atoms with van der Waals surface area (Å²) in [5, 5.41) is 11.2. The molecule has 0 saturated carbocycles. The molecule has 8 nitrogen and oxygen atoms in total. The Bertz CT molecular complexity index is 880. The van der Waals surface area contributed by atoms with Crippen molar-refractivity contribution >= 4 is 23.3 Å². The van der Waals surface area contributed by atoms with Gasteiger partial charge >= 0.3 is 11.7 Å². The second-order valence-electron chi connectivity index (χ2n) is 5.64. The molecule has 1 amide bonds. The lowest BCUT2D eigenvalue weighted by Gasteiger charge is -2.17. The molecule has 0 fully saturated rings. The van der Waals surface area contributed by atoms with Crippen LogP contribution in [0.15, 0.2) is 42.5 Å². The first-order chi connectivity index (χ1) is 12.5. The van der Waals surface area contributed by atoms with E-state index in [0.29, 0.717) is 6.54 Å². The van der Waals surface area contributed by atoms with E-state index in [0.717, 1.165) is 23.7 Å². The van der Waals surface area contributed by atoms with Crippen LogP contribution in [0.1, 0.15) is 15.9 Å². The van der Waals surface area contributed by atoms with Gasteiger partial charge in [-0.2, -0.15) is 0 Å². The highest BCUT2D eigenvalue weighted by atomic mass is 16.6. The third kappa shape index (κ3) is 3.34. The number of nitrogens with zero attached hydrogens (tertiary/aromatic N) is 2. The molecule has 0 radical (unpaired) electrons. The fourth-order valence-electron chi connectivity index (χ4n) is 2.84. The summed E-state index contributed by atoms with van der Waals surface area (Å²) >= 11 is 0. The molecule has 0 N–H and O–H groups in total. The zero-order valence-corrected chi connectivity index (χ0v) is 14.0. The molecule has 0 aromatic heterocycles. The van der Waals surface area contributed by atoms with E-state index in [1.807, 2.05) is 24.3 Å². The topological polar surface area (TPSA) is 99.0 Å². The third-order valence-electron chi connectivity index (χ3n) is 4.12. The van der Waals surface area contributed by atoms with Gasteiger partial charge in [-0.3, -0.25) is 14.9 Å². The molecule has 1 heterocycles. The Morgan fingerprint density at radius 1 is 1.23 bits per heavy atom. The van der Waals surface area contributed by atoms with E-state index in [1.165, 1.54) is 19.2 Å². The number of nitro groups is 1. The van der Waals surface area contributed by atoms with Crippen molar-refractivity contribution in [2.24, 2.45) is 0 Å². The molecule has 3 rings (SSSR count). The summed E-state index contributed by atoms with van der Waals surface area (Å²) in [6, 6.07) is 11.3. The lowest BCUT2D eigenvalue weighted by atomic mass is 10.2. The van der Waals surface area contributed by atoms with Gasteiger partial charge < -0.3 is 14.4 Å². The Morgan fingerprint density at radius 3 is 2.73 bits per heavy atom. The lowest BCUT2D eigenvalue weighted by Crippen LogP contribution is -2.33. The molecule has 8 heteroatoms. The zero-order chi connectivity index (χ0) is 18.7. The number of esters is 1. The summed E-state index contributed by atoms with van der Waals surface area (Å²) in [4.78, 5) is 36.1. The van der Waals surface area contributed by atoms with Crippen LogP contribution >= 0.6 is 0 Å². The van der Waals surface area contributed by atoms with Crippen molar-refractivity contribution in [1.29, 1.82) is 0 Å². The predicted octanol–water partition coefficient (Wildman–Crippen LogP) is 2.35. The molecular weight excluding hydrogens is 340 g/mol. The van der Waals surface area contributed by atoms with E-state index in [2.05, 4.69) is 4.74 Å². The van der Waals surface area contributed by atoms with Gasteiger partial charge in [0.05, 0.1) is 17.6 Å². The smallest absolute Gasteiger partial charge is 0.338 e. The average Bonchev–Trinajstić information content (AvgIpc) is 3.09. The number of carbonyl (C=O) groups excluding carboxylic acids is 2. The van der Waals surface area contributed by atoms with Gasteiger partial charge in [0.2, 0.25) is 0 Å². The quantitative estimate of drug-likeness (QED) is 0.463. The van der Waals surface area contributed by atoms with E-state index in [9.17, 15) is 19.7 Å². The van der Waals surface area contributed by atoms with E-state index in [4.69, 9.17) is 4.74 Å². The first-order valence-electron chi connectivity index (χ1n) is 7.89. The van der Waals surface area contributed by atoms with Gasteiger partial charge in [-0.05, 0) is 30.2 Å². The molecule has 0 saturated heterocycles. The molecule has 2 aromatic rings. The number of hydrogen-bond donors (Lipinski definition) is 0. The van der Waals surface area contributed by atoms with Gasteiger partial charge in [-0.25, -0.2) is 4.79 Å². The van der Waals surface area contributed by atoms with Crippen molar-refractivity contribution in [3.63, 3.8) is 0 Å². The summed E-state index contributed by atoms with van der Waals surface area (Å²) in [6.45, 7) is 0.206. The van der Waals surface area contributed by atoms with Crippen molar-refractivity contribution in [3.05, 3.63) is 63.7 Å². The molecule has 26 heavy (non-hydrogen) atoms. The number of rotatable bonds is 5. The van der Waals surface area contributed by atoms with E-state index < -0.39 is 16.6 Å². The van der Waals surface area contributed by atoms with Crippen LogP contribution in [-0.2, 0) is 16.0 Å². The van der Waals surface area contributed by atoms with Gasteiger partial charge in [0.25, 0.3) is 5.91 Å². The average molecular weight is 356 g/mol. The van der Waals surface area contributed by atoms with Crippen LogP contribution in [0, 0.1) is 10.1 Å². The largest absolute Gasteiger partial charge is 0.477 e. The van der Waals surface area contributed by atoms with Crippen molar-refractivity contribution < 1.29 is 24.0 Å². The van der Waals surface area contributed by atoms with Crippen LogP contribution in [0.5, 0.6) is 5.75 Å². The van der Waals surface area contributed by atoms with Crippen molar-refractivity contribution in [2.75, 3.05) is 25.2 Å². The van der Waals surface area contributed by atoms with Crippen LogP contribution in [0.4, 0.5) is 11.4 Å². The van der Waals surface area contributed by atoms with Crippen molar-refractivity contribution in [3.8, 4) is 5.75 Å². The first-order valence-corrected chi connectivity index (χ1v) is 7.89. The van der Waals surface area contributed by atoms with Gasteiger partial charge in [0.15, 0.2) is 12.4 Å². The minimum absolute atomic E-state index is 0.0337. The lowest BCUT2D eigenvalue weighted by molar-refractivity contribution is -0.385. The molecule has 134 valence electrons. The summed E-state index contributed by atoms with van der Waals surface area (Å²) in [7, 11) is 1.19. The standard InChI is InChI=1S/C18H16N2O6/c1-25-18(22)13-6-7-16(15(10-13)20(23)24)26-11-17(21)19-9-8-12-4-2-3-5-14(12)19/h2-7,10H,8-9,11H2,1H3. The summed E-state index contributed by atoms with van der Waals surface area (Å²) < 4.78 is 9.92. The highest BCUT2D eigenvalue weighted by Crippen LogP contribution is 2.30. The first kappa shape index (κ1) is 17.4. The zero-order valence-electron chi connectivity index (χ0n) is 14.0. The number of fused-ring (bicyclic) bond motifs is 1. The summed E-state index contributed by atoms with van der Waals surface area (Å²) in [5.41, 5.74) is 1.54. The molecule has 2 aromatic carbocycles. The van der Waals surface area contributed by atoms with E-state index in [-0.39, 0.29) is 23.8 Å². The highest BCUT2D eigenvalue weighted by molar-refractivity contribution is 5.96. The molecule has 0 unspecified atom stereocenters. The SMILES string of the molecule is COC(=O)c1ccc(OCC(=O)N2CCc3ccccc32)c([N+](=O)[O-])c1. The maximum Gasteiger partial charge on any atom is 0.338 e. The van der Waals surface area contributed by atoms with Crippen LogP contribution in [0.3, 0.4) is 0 Å². The molecule has 0 bridgehead atoms. The van der Waals surface area contributed by atoms with Crippen LogP contribution < -0.4 is 9.64 Å². The Morgan fingerprint density at radius 2 is 2.00 bits per heavy atom. The second kappa shape index (κ2) is 7.22. The maximum atomic E-state index is 12.4. The number of nitro benzene ring substituents is 1. The monoisotopic (exact) mass is 356 g/mol. The molecule has 1 aliphatic heterocycles. The number of anilines is 1. The number of benzene rings is 2. The number of ether oxygens (including phenoxy) is 2. The summed E-state index contributed by atoms with van der Waals surface area (Å²) in [6.07, 6.45) is 0.760. The van der Waals surface area contributed by atoms with Crippen molar-refractivity contribution in [1.82, 2.24) is 0 Å². The van der Waals surface area contributed by atoms with Gasteiger partial charge in [0, 0.05) is 18.3 Å². The minimum Gasteiger partial charge on any atom is -0.477 e. The fourth-order valence-corrected chi connectivity index (χ4v) is 2.84.